The average molecular weight is 364 g/mol. The predicted octanol–water partition coefficient (Wildman–Crippen LogP) is 4.13. The minimum absolute atomic E-state index is 0.0255. The third-order valence-corrected chi connectivity index (χ3v) is 5.64. The molecule has 1 heterocycles. The molecule has 0 radical (unpaired) electrons. The number of esters is 1. The van der Waals surface area contributed by atoms with Gasteiger partial charge in [0.2, 0.25) is 0 Å². The normalized spacial score (nSPS) is 20.1. The molecule has 0 aromatic heterocycles. The second kappa shape index (κ2) is 9.27. The second-order valence-corrected chi connectivity index (χ2v) is 8.07. The van der Waals surface area contributed by atoms with Gasteiger partial charge >= 0.3 is 5.97 Å². The van der Waals surface area contributed by atoms with Crippen molar-refractivity contribution < 1.29 is 14.3 Å². The zero-order valence-corrected chi connectivity index (χ0v) is 16.5. The van der Waals surface area contributed by atoms with Gasteiger partial charge in [-0.2, -0.15) is 0 Å². The van der Waals surface area contributed by atoms with Gasteiger partial charge in [-0.15, -0.1) is 11.8 Å². The highest BCUT2D eigenvalue weighted by atomic mass is 32.2. The Balaban J connectivity index is 2.23. The van der Waals surface area contributed by atoms with Gasteiger partial charge in [-0.3, -0.25) is 4.79 Å². The van der Waals surface area contributed by atoms with Crippen molar-refractivity contribution in [3.05, 3.63) is 35.4 Å². The van der Waals surface area contributed by atoms with Crippen LogP contribution in [0.5, 0.6) is 0 Å². The molecule has 2 rings (SSSR count). The maximum Gasteiger partial charge on any atom is 0.329 e. The van der Waals surface area contributed by atoms with Crippen LogP contribution in [0.2, 0.25) is 0 Å². The van der Waals surface area contributed by atoms with Gasteiger partial charge < -0.3 is 9.64 Å². The number of ether oxygens (including phenoxy) is 1. The van der Waals surface area contributed by atoms with Crippen LogP contribution in [0.25, 0.3) is 0 Å². The number of carbonyl (C=O) groups excluding carboxylic acids is 2. The molecule has 1 fully saturated rings. The van der Waals surface area contributed by atoms with E-state index in [1.807, 2.05) is 31.2 Å². The summed E-state index contributed by atoms with van der Waals surface area (Å²) in [5.74, 6) is 0.718. The van der Waals surface area contributed by atoms with E-state index < -0.39 is 6.04 Å². The van der Waals surface area contributed by atoms with E-state index in [9.17, 15) is 9.59 Å². The molecule has 1 aliphatic heterocycles. The maximum atomic E-state index is 13.1. The molecule has 1 saturated heterocycles. The molecule has 4 nitrogen and oxygen atoms in total. The smallest absolute Gasteiger partial charge is 0.329 e. The zero-order valence-electron chi connectivity index (χ0n) is 15.7. The highest BCUT2D eigenvalue weighted by Gasteiger charge is 2.42. The third kappa shape index (κ3) is 5.00. The summed E-state index contributed by atoms with van der Waals surface area (Å²) in [5.41, 5.74) is 1.84. The Bertz CT molecular complexity index is 585. The SMILES string of the molecule is CCCOC(=O)C1CSC(CC(C)C)N1C(=O)c1ccc(CC)cc1. The van der Waals surface area contributed by atoms with Crippen LogP contribution in [0.1, 0.15) is 56.5 Å². The quantitative estimate of drug-likeness (QED) is 0.683. The topological polar surface area (TPSA) is 46.6 Å². The van der Waals surface area contributed by atoms with Crippen molar-refractivity contribution in [3.63, 3.8) is 0 Å². The van der Waals surface area contributed by atoms with Crippen LogP contribution in [-0.2, 0) is 16.0 Å². The van der Waals surface area contributed by atoms with Crippen LogP contribution >= 0.6 is 11.8 Å². The first-order valence-corrected chi connectivity index (χ1v) is 10.2. The van der Waals surface area contributed by atoms with Gasteiger partial charge in [-0.05, 0) is 42.9 Å². The van der Waals surface area contributed by atoms with E-state index in [-0.39, 0.29) is 17.3 Å². The first-order chi connectivity index (χ1) is 12.0. The predicted molar refractivity (Wildman–Crippen MR) is 103 cm³/mol. The van der Waals surface area contributed by atoms with Crippen molar-refractivity contribution >= 4 is 23.6 Å². The van der Waals surface area contributed by atoms with Crippen molar-refractivity contribution in [3.8, 4) is 0 Å². The second-order valence-electron chi connectivity index (χ2n) is 6.86. The number of rotatable bonds is 7. The molecular weight excluding hydrogens is 334 g/mol. The van der Waals surface area contributed by atoms with E-state index in [1.165, 1.54) is 5.56 Å². The van der Waals surface area contributed by atoms with E-state index in [0.717, 1.165) is 19.3 Å². The zero-order chi connectivity index (χ0) is 18.4. The number of hydrogen-bond acceptors (Lipinski definition) is 4. The van der Waals surface area contributed by atoms with Crippen LogP contribution in [0.4, 0.5) is 0 Å². The lowest BCUT2D eigenvalue weighted by atomic mass is 10.1. The molecule has 1 aliphatic rings. The van der Waals surface area contributed by atoms with Crippen molar-refractivity contribution in [1.82, 2.24) is 4.90 Å². The fourth-order valence-electron chi connectivity index (χ4n) is 2.93. The van der Waals surface area contributed by atoms with Gasteiger partial charge in [0.25, 0.3) is 5.91 Å². The molecule has 0 bridgehead atoms. The summed E-state index contributed by atoms with van der Waals surface area (Å²) in [7, 11) is 0. The summed E-state index contributed by atoms with van der Waals surface area (Å²) in [5, 5.41) is 0.0255. The number of aryl methyl sites for hydroxylation is 1. The highest BCUT2D eigenvalue weighted by molar-refractivity contribution is 8.00. The number of amides is 1. The molecule has 2 unspecified atom stereocenters. The third-order valence-electron chi connectivity index (χ3n) is 4.33. The van der Waals surface area contributed by atoms with Crippen molar-refractivity contribution in [2.45, 2.75) is 58.4 Å². The molecule has 0 aliphatic carbocycles. The monoisotopic (exact) mass is 363 g/mol. The van der Waals surface area contributed by atoms with E-state index in [0.29, 0.717) is 23.8 Å². The summed E-state index contributed by atoms with van der Waals surface area (Å²) < 4.78 is 5.34. The minimum atomic E-state index is -0.487. The van der Waals surface area contributed by atoms with Crippen LogP contribution in [-0.4, -0.2) is 40.6 Å². The minimum Gasteiger partial charge on any atom is -0.464 e. The van der Waals surface area contributed by atoms with Gasteiger partial charge in [0.15, 0.2) is 0 Å². The van der Waals surface area contributed by atoms with Gasteiger partial charge in [-0.1, -0.05) is 39.8 Å². The molecule has 0 N–H and O–H groups in total. The van der Waals surface area contributed by atoms with Crippen LogP contribution in [0.3, 0.4) is 0 Å². The molecule has 138 valence electrons. The Hall–Kier alpha value is -1.49. The van der Waals surface area contributed by atoms with Gasteiger partial charge in [-0.25, -0.2) is 4.79 Å². The summed E-state index contributed by atoms with van der Waals surface area (Å²) >= 11 is 1.68. The molecular formula is C20H29NO3S. The Morgan fingerprint density at radius 3 is 2.48 bits per heavy atom. The van der Waals surface area contributed by atoms with Crippen molar-refractivity contribution in [1.29, 1.82) is 0 Å². The number of hydrogen-bond donors (Lipinski definition) is 0. The number of carbonyl (C=O) groups is 2. The summed E-state index contributed by atoms with van der Waals surface area (Å²) in [4.78, 5) is 27.3. The van der Waals surface area contributed by atoms with Gasteiger partial charge in [0.05, 0.1) is 12.0 Å². The van der Waals surface area contributed by atoms with E-state index in [2.05, 4.69) is 20.8 Å². The average Bonchev–Trinajstić information content (AvgIpc) is 3.02. The first-order valence-electron chi connectivity index (χ1n) is 9.17. The molecule has 1 aromatic rings. The fraction of sp³-hybridized carbons (Fsp3) is 0.600. The molecule has 2 atom stereocenters. The van der Waals surface area contributed by atoms with Crippen molar-refractivity contribution in [2.75, 3.05) is 12.4 Å². The maximum absolute atomic E-state index is 13.1. The number of thioether (sulfide) groups is 1. The highest BCUT2D eigenvalue weighted by Crippen LogP contribution is 2.35. The summed E-state index contributed by atoms with van der Waals surface area (Å²) in [6.07, 6.45) is 2.60. The van der Waals surface area contributed by atoms with E-state index in [4.69, 9.17) is 4.74 Å². The van der Waals surface area contributed by atoms with E-state index in [1.54, 1.807) is 16.7 Å². The fourth-order valence-corrected chi connectivity index (χ4v) is 4.56. The van der Waals surface area contributed by atoms with Crippen molar-refractivity contribution in [2.24, 2.45) is 5.92 Å². The molecule has 25 heavy (non-hydrogen) atoms. The van der Waals surface area contributed by atoms with Crippen LogP contribution < -0.4 is 0 Å². The molecule has 1 aromatic carbocycles. The van der Waals surface area contributed by atoms with Gasteiger partial charge in [0, 0.05) is 11.3 Å². The lowest BCUT2D eigenvalue weighted by molar-refractivity contribution is -0.148. The van der Waals surface area contributed by atoms with Gasteiger partial charge in [0.1, 0.15) is 6.04 Å². The van der Waals surface area contributed by atoms with E-state index >= 15 is 0 Å². The Morgan fingerprint density at radius 2 is 1.92 bits per heavy atom. The summed E-state index contributed by atoms with van der Waals surface area (Å²) in [6, 6.07) is 7.21. The lowest BCUT2D eigenvalue weighted by Gasteiger charge is -2.29. The summed E-state index contributed by atoms with van der Waals surface area (Å²) in [6.45, 7) is 8.74. The first kappa shape index (κ1) is 19.8. The molecule has 0 spiro atoms. The lowest BCUT2D eigenvalue weighted by Crippen LogP contribution is -2.46. The Labute approximate surface area is 155 Å². The standard InChI is InChI=1S/C20H29NO3S/c1-5-11-24-20(23)17-13-25-18(12-14(3)4)21(17)19(22)16-9-7-15(6-2)8-10-16/h7-10,14,17-18H,5-6,11-13H2,1-4H3. The Morgan fingerprint density at radius 1 is 1.24 bits per heavy atom. The van der Waals surface area contributed by atoms with Crippen LogP contribution in [0.15, 0.2) is 24.3 Å². The largest absolute Gasteiger partial charge is 0.464 e. The molecule has 0 saturated carbocycles. The molecule has 5 heteroatoms. The number of nitrogens with zero attached hydrogens (tertiary/aromatic N) is 1. The van der Waals surface area contributed by atoms with Crippen LogP contribution in [0, 0.1) is 5.92 Å². The molecule has 1 amide bonds. The number of benzene rings is 1. The Kier molecular flexibility index (Phi) is 7.36.